The van der Waals surface area contributed by atoms with Crippen LogP contribution < -0.4 is 11.4 Å². The molecule has 1 aliphatic rings. The number of nitrogens with two attached hydrogens (primary N) is 1. The molecule has 9 heteroatoms. The van der Waals surface area contributed by atoms with Gasteiger partial charge >= 0.3 is 11.9 Å². The molecule has 3 N–H and O–H groups in total. The zero-order valence-electron chi connectivity index (χ0n) is 9.72. The van der Waals surface area contributed by atoms with Gasteiger partial charge in [-0.3, -0.25) is 4.57 Å². The summed E-state index contributed by atoms with van der Waals surface area (Å²) in [5, 5.41) is 8.90. The van der Waals surface area contributed by atoms with Gasteiger partial charge in [0.25, 0.3) is 0 Å². The van der Waals surface area contributed by atoms with Crippen LogP contribution in [0.15, 0.2) is 11.0 Å². The van der Waals surface area contributed by atoms with Crippen LogP contribution in [-0.4, -0.2) is 27.4 Å². The molecule has 6 nitrogen and oxygen atoms in total. The molecule has 0 radical (unpaired) electrons. The minimum atomic E-state index is -4.69. The van der Waals surface area contributed by atoms with Crippen LogP contribution in [0.3, 0.4) is 0 Å². The van der Waals surface area contributed by atoms with Gasteiger partial charge in [-0.25, -0.2) is 4.79 Å². The van der Waals surface area contributed by atoms with Crippen LogP contribution >= 0.6 is 0 Å². The average molecular weight is 279 g/mol. The molecule has 0 bridgehead atoms. The number of aliphatic hydroxyl groups is 1. The molecule has 0 spiro atoms. The van der Waals surface area contributed by atoms with Gasteiger partial charge in [0.1, 0.15) is 17.6 Å². The first-order valence-electron chi connectivity index (χ1n) is 5.55. The van der Waals surface area contributed by atoms with Crippen LogP contribution in [0.2, 0.25) is 0 Å². The van der Waals surface area contributed by atoms with E-state index in [2.05, 4.69) is 4.98 Å². The predicted octanol–water partition coefficient (Wildman–Crippen LogP) is 0.514. The number of anilines is 1. The van der Waals surface area contributed by atoms with E-state index in [1.165, 1.54) is 0 Å². The number of nitrogens with zero attached hydrogens (tertiary/aromatic N) is 2. The summed E-state index contributed by atoms with van der Waals surface area (Å²) >= 11 is 0. The topological polar surface area (TPSA) is 90.4 Å². The second kappa shape index (κ2) is 4.82. The van der Waals surface area contributed by atoms with Gasteiger partial charge in [0.2, 0.25) is 0 Å². The molecule has 2 heterocycles. The third-order valence-electron chi connectivity index (χ3n) is 2.89. The molecule has 2 atom stereocenters. The number of alkyl halides is 3. The summed E-state index contributed by atoms with van der Waals surface area (Å²) in [5.74, 6) is -0.856. The Morgan fingerprint density at radius 1 is 1.53 bits per heavy atom. The van der Waals surface area contributed by atoms with Gasteiger partial charge in [-0.1, -0.05) is 0 Å². The van der Waals surface area contributed by atoms with Gasteiger partial charge in [-0.05, 0) is 12.8 Å². The first-order chi connectivity index (χ1) is 8.82. The van der Waals surface area contributed by atoms with E-state index < -0.39 is 35.6 Å². The van der Waals surface area contributed by atoms with E-state index in [9.17, 15) is 18.0 Å². The quantitative estimate of drug-likeness (QED) is 0.823. The van der Waals surface area contributed by atoms with Crippen molar-refractivity contribution in [1.82, 2.24) is 9.55 Å². The number of hydrogen-bond acceptors (Lipinski definition) is 5. The fraction of sp³-hybridized carbons (Fsp3) is 0.600. The van der Waals surface area contributed by atoms with E-state index in [0.29, 0.717) is 19.0 Å². The highest BCUT2D eigenvalue weighted by molar-refractivity contribution is 5.38. The molecule has 1 aliphatic heterocycles. The van der Waals surface area contributed by atoms with Crippen LogP contribution in [0.25, 0.3) is 0 Å². The van der Waals surface area contributed by atoms with Crippen molar-refractivity contribution < 1.29 is 23.0 Å². The fourth-order valence-electron chi connectivity index (χ4n) is 1.93. The second-order valence-corrected chi connectivity index (χ2v) is 4.20. The van der Waals surface area contributed by atoms with Gasteiger partial charge in [0, 0.05) is 6.20 Å². The Morgan fingerprint density at radius 3 is 2.74 bits per heavy atom. The van der Waals surface area contributed by atoms with Crippen LogP contribution in [0.4, 0.5) is 19.0 Å². The lowest BCUT2D eigenvalue weighted by atomic mass is 10.2. The average Bonchev–Trinajstić information content (AvgIpc) is 2.75. The van der Waals surface area contributed by atoms with E-state index in [1.54, 1.807) is 0 Å². The lowest BCUT2D eigenvalue weighted by molar-refractivity contribution is -0.138. The first-order valence-corrected chi connectivity index (χ1v) is 5.55. The maximum Gasteiger partial charge on any atom is 0.421 e. The fourth-order valence-corrected chi connectivity index (χ4v) is 1.93. The molecule has 0 aliphatic carbocycles. The summed E-state index contributed by atoms with van der Waals surface area (Å²) in [6.45, 7) is -0.250. The minimum Gasteiger partial charge on any atom is -0.394 e. The number of hydrogen-bond donors (Lipinski definition) is 2. The van der Waals surface area contributed by atoms with Crippen molar-refractivity contribution in [3.63, 3.8) is 0 Å². The van der Waals surface area contributed by atoms with Crippen LogP contribution in [-0.2, 0) is 10.9 Å². The van der Waals surface area contributed by atoms with Crippen molar-refractivity contribution in [2.24, 2.45) is 0 Å². The van der Waals surface area contributed by atoms with Crippen molar-refractivity contribution in [2.45, 2.75) is 31.3 Å². The van der Waals surface area contributed by atoms with Gasteiger partial charge < -0.3 is 15.6 Å². The van der Waals surface area contributed by atoms with E-state index >= 15 is 0 Å². The summed E-state index contributed by atoms with van der Waals surface area (Å²) in [5.41, 5.74) is 3.02. The molecule has 0 amide bonds. The Kier molecular flexibility index (Phi) is 3.50. The number of halogens is 3. The molecule has 0 saturated carbocycles. The standard InChI is InChI=1S/C10H12F3N3O3/c11-10(12,13)6-3-16(9(18)15-8(6)14)7-2-1-5(4-17)19-7/h3,5,7,17H,1-2,4H2,(H2,14,15,18). The Morgan fingerprint density at radius 2 is 2.21 bits per heavy atom. The molecule has 0 aromatic carbocycles. The first kappa shape index (κ1) is 13.8. The third kappa shape index (κ3) is 2.71. The van der Waals surface area contributed by atoms with Crippen molar-refractivity contribution in [1.29, 1.82) is 0 Å². The summed E-state index contributed by atoms with van der Waals surface area (Å²) in [4.78, 5) is 14.7. The second-order valence-electron chi connectivity index (χ2n) is 4.20. The van der Waals surface area contributed by atoms with E-state index in [4.69, 9.17) is 15.6 Å². The summed E-state index contributed by atoms with van der Waals surface area (Å²) < 4.78 is 44.0. The Bertz CT molecular complexity index is 529. The molecule has 1 fully saturated rings. The lowest BCUT2D eigenvalue weighted by Crippen LogP contribution is -2.30. The molecule has 1 saturated heterocycles. The monoisotopic (exact) mass is 279 g/mol. The Labute approximate surface area is 105 Å². The van der Waals surface area contributed by atoms with E-state index in [1.807, 2.05) is 0 Å². The molecular formula is C10H12F3N3O3. The summed E-state index contributed by atoms with van der Waals surface area (Å²) in [6.07, 6.45) is -4.65. The van der Waals surface area contributed by atoms with Gasteiger partial charge in [-0.2, -0.15) is 18.2 Å². The molecule has 1 aromatic heterocycles. The molecular weight excluding hydrogens is 267 g/mol. The van der Waals surface area contributed by atoms with Crippen LogP contribution in [0.5, 0.6) is 0 Å². The smallest absolute Gasteiger partial charge is 0.394 e. The van der Waals surface area contributed by atoms with Gasteiger partial charge in [-0.15, -0.1) is 0 Å². The zero-order chi connectivity index (χ0) is 14.2. The van der Waals surface area contributed by atoms with Crippen molar-refractivity contribution in [2.75, 3.05) is 12.3 Å². The minimum absolute atomic E-state index is 0.250. The largest absolute Gasteiger partial charge is 0.421 e. The van der Waals surface area contributed by atoms with Crippen LogP contribution in [0, 0.1) is 0 Å². The molecule has 1 aromatic rings. The SMILES string of the molecule is Nc1nc(=O)n(C2CCC(CO)O2)cc1C(F)(F)F. The Hall–Kier alpha value is -1.61. The van der Waals surface area contributed by atoms with E-state index in [0.717, 1.165) is 4.57 Å². The van der Waals surface area contributed by atoms with Crippen molar-refractivity contribution in [3.8, 4) is 0 Å². The predicted molar refractivity (Wildman–Crippen MR) is 58.1 cm³/mol. The number of ether oxygens (including phenoxy) is 1. The molecule has 19 heavy (non-hydrogen) atoms. The highest BCUT2D eigenvalue weighted by Gasteiger charge is 2.36. The number of aliphatic hydroxyl groups excluding tert-OH is 1. The van der Waals surface area contributed by atoms with Crippen molar-refractivity contribution in [3.05, 3.63) is 22.2 Å². The normalized spacial score (nSPS) is 23.8. The Balaban J connectivity index is 2.39. The summed E-state index contributed by atoms with van der Waals surface area (Å²) in [7, 11) is 0. The highest BCUT2D eigenvalue weighted by Crippen LogP contribution is 2.33. The number of aromatic nitrogens is 2. The summed E-state index contributed by atoms with van der Waals surface area (Å²) in [6, 6.07) is 0. The maximum atomic E-state index is 12.7. The lowest BCUT2D eigenvalue weighted by Gasteiger charge is -2.17. The van der Waals surface area contributed by atoms with Gasteiger partial charge in [0.05, 0.1) is 12.7 Å². The third-order valence-corrected chi connectivity index (χ3v) is 2.89. The van der Waals surface area contributed by atoms with E-state index in [-0.39, 0.29) is 6.61 Å². The van der Waals surface area contributed by atoms with Gasteiger partial charge in [0.15, 0.2) is 0 Å². The highest BCUT2D eigenvalue weighted by atomic mass is 19.4. The van der Waals surface area contributed by atoms with Crippen molar-refractivity contribution >= 4 is 5.82 Å². The molecule has 2 unspecified atom stereocenters. The van der Waals surface area contributed by atoms with Crippen LogP contribution in [0.1, 0.15) is 24.6 Å². The maximum absolute atomic E-state index is 12.7. The molecule has 106 valence electrons. The molecule has 2 rings (SSSR count). The zero-order valence-corrected chi connectivity index (χ0v) is 9.72. The number of nitrogen functional groups attached to an aromatic ring is 1. The number of rotatable bonds is 2.